The van der Waals surface area contributed by atoms with Gasteiger partial charge in [0.05, 0.1) is 0 Å². The number of amides is 1. The molecule has 1 aromatic heterocycles. The summed E-state index contributed by atoms with van der Waals surface area (Å²) in [6.07, 6.45) is 3.76. The number of nitrogens with one attached hydrogen (secondary N) is 1. The number of fused-ring (bicyclic) bond motifs is 1. The smallest absolute Gasteiger partial charge is 0.225 e. The van der Waals surface area contributed by atoms with Gasteiger partial charge in [0, 0.05) is 36.3 Å². The molecule has 0 aliphatic carbocycles. The monoisotopic (exact) mass is 317 g/mol. The highest BCUT2D eigenvalue weighted by atomic mass is 32.2. The summed E-state index contributed by atoms with van der Waals surface area (Å²) >= 11 is 1.45. The number of carbonyl (C=O) groups is 1. The first-order valence-corrected chi connectivity index (χ1v) is 7.89. The quantitative estimate of drug-likeness (QED) is 0.674. The molecule has 0 saturated carbocycles. The molecule has 1 amide bonds. The molecule has 3 rings (SSSR count). The van der Waals surface area contributed by atoms with Crippen molar-refractivity contribution in [2.45, 2.75) is 11.6 Å². The molecule has 6 nitrogen and oxygen atoms in total. The molecule has 0 radical (unpaired) electrons. The van der Waals surface area contributed by atoms with Crippen molar-refractivity contribution in [1.82, 2.24) is 9.97 Å². The number of carbonyl (C=O) groups excluding carboxylic acids is 1. The summed E-state index contributed by atoms with van der Waals surface area (Å²) < 4.78 is 10.9. The van der Waals surface area contributed by atoms with Crippen LogP contribution in [0.25, 0.3) is 0 Å². The molecule has 7 heteroatoms. The number of ether oxygens (including phenoxy) is 2. The summed E-state index contributed by atoms with van der Waals surface area (Å²) in [5, 5.41) is 3.53. The predicted octanol–water partition coefficient (Wildman–Crippen LogP) is 2.37. The normalized spacial score (nSPS) is 12.7. The van der Waals surface area contributed by atoms with Crippen LogP contribution in [0.4, 0.5) is 5.69 Å². The van der Waals surface area contributed by atoms with Gasteiger partial charge in [-0.3, -0.25) is 4.79 Å². The maximum atomic E-state index is 11.9. The van der Waals surface area contributed by atoms with E-state index in [4.69, 9.17) is 9.47 Å². The maximum Gasteiger partial charge on any atom is 0.225 e. The van der Waals surface area contributed by atoms with Gasteiger partial charge in [-0.05, 0) is 18.2 Å². The molecule has 114 valence electrons. The molecule has 0 fully saturated rings. The van der Waals surface area contributed by atoms with Crippen LogP contribution < -0.4 is 14.8 Å². The number of nitrogens with zero attached hydrogens (tertiary/aromatic N) is 2. The van der Waals surface area contributed by atoms with Crippen molar-refractivity contribution >= 4 is 23.4 Å². The summed E-state index contributed by atoms with van der Waals surface area (Å²) in [6, 6.07) is 7.15. The fourth-order valence-corrected chi connectivity index (χ4v) is 2.68. The summed E-state index contributed by atoms with van der Waals surface area (Å²) in [5.41, 5.74) is 0.704. The van der Waals surface area contributed by atoms with Crippen molar-refractivity contribution in [1.29, 1.82) is 0 Å². The maximum absolute atomic E-state index is 11.9. The fourth-order valence-electron chi connectivity index (χ4n) is 1.94. The number of hydrogen-bond acceptors (Lipinski definition) is 6. The van der Waals surface area contributed by atoms with Gasteiger partial charge in [0.2, 0.25) is 5.91 Å². The van der Waals surface area contributed by atoms with Gasteiger partial charge in [0.25, 0.3) is 0 Å². The van der Waals surface area contributed by atoms with E-state index in [0.717, 1.165) is 0 Å². The molecule has 2 aromatic rings. The Morgan fingerprint density at radius 2 is 1.95 bits per heavy atom. The van der Waals surface area contributed by atoms with Crippen LogP contribution in [0.5, 0.6) is 11.5 Å². The van der Waals surface area contributed by atoms with Gasteiger partial charge >= 0.3 is 0 Å². The fraction of sp³-hybridized carbons (Fsp3) is 0.267. The zero-order chi connectivity index (χ0) is 15.2. The highest BCUT2D eigenvalue weighted by Crippen LogP contribution is 2.32. The Labute approximate surface area is 132 Å². The average Bonchev–Trinajstić information content (AvgIpc) is 2.56. The molecule has 0 atom stereocenters. The van der Waals surface area contributed by atoms with E-state index >= 15 is 0 Å². The molecule has 22 heavy (non-hydrogen) atoms. The van der Waals surface area contributed by atoms with Crippen molar-refractivity contribution in [3.8, 4) is 11.5 Å². The van der Waals surface area contributed by atoms with E-state index in [-0.39, 0.29) is 5.91 Å². The van der Waals surface area contributed by atoms with Crippen LogP contribution in [0, 0.1) is 0 Å². The summed E-state index contributed by atoms with van der Waals surface area (Å²) in [6.45, 7) is 1.08. The standard InChI is InChI=1S/C15H15N3O3S/c19-14(4-9-22-15-16-5-1-6-17-15)18-11-2-3-12-13(10-11)21-8-7-20-12/h1-3,5-6,10H,4,7-9H2,(H,18,19). The van der Waals surface area contributed by atoms with E-state index in [2.05, 4.69) is 15.3 Å². The lowest BCUT2D eigenvalue weighted by Crippen LogP contribution is -2.16. The number of aromatic nitrogens is 2. The Morgan fingerprint density at radius 3 is 2.77 bits per heavy atom. The second-order valence-electron chi connectivity index (χ2n) is 4.54. The lowest BCUT2D eigenvalue weighted by molar-refractivity contribution is -0.115. The summed E-state index contributed by atoms with van der Waals surface area (Å²) in [5.74, 6) is 1.94. The van der Waals surface area contributed by atoms with Crippen LogP contribution in [-0.2, 0) is 4.79 Å². The summed E-state index contributed by atoms with van der Waals surface area (Å²) in [4.78, 5) is 20.1. The minimum absolute atomic E-state index is 0.0555. The van der Waals surface area contributed by atoms with Gasteiger partial charge in [0.15, 0.2) is 16.7 Å². The molecule has 0 bridgehead atoms. The zero-order valence-corrected chi connectivity index (χ0v) is 12.6. The van der Waals surface area contributed by atoms with Crippen LogP contribution >= 0.6 is 11.8 Å². The minimum atomic E-state index is -0.0555. The van der Waals surface area contributed by atoms with Crippen LogP contribution in [0.1, 0.15) is 6.42 Å². The Hall–Kier alpha value is -2.28. The van der Waals surface area contributed by atoms with E-state index in [0.29, 0.717) is 47.7 Å². The minimum Gasteiger partial charge on any atom is -0.486 e. The lowest BCUT2D eigenvalue weighted by atomic mass is 10.2. The molecule has 0 spiro atoms. The SMILES string of the molecule is O=C(CCSc1ncccn1)Nc1ccc2c(c1)OCCO2. The van der Waals surface area contributed by atoms with Crippen molar-refractivity contribution in [3.05, 3.63) is 36.7 Å². The third-order valence-corrected chi connectivity index (χ3v) is 3.81. The summed E-state index contributed by atoms with van der Waals surface area (Å²) in [7, 11) is 0. The van der Waals surface area contributed by atoms with Crippen LogP contribution in [0.3, 0.4) is 0 Å². The molecule has 1 aliphatic heterocycles. The highest BCUT2D eigenvalue weighted by Gasteiger charge is 2.12. The van der Waals surface area contributed by atoms with E-state index in [9.17, 15) is 4.79 Å². The molecular weight excluding hydrogens is 302 g/mol. The number of hydrogen-bond donors (Lipinski definition) is 1. The van der Waals surface area contributed by atoms with Gasteiger partial charge < -0.3 is 14.8 Å². The number of benzene rings is 1. The Balaban J connectivity index is 1.49. The first-order chi connectivity index (χ1) is 10.8. The zero-order valence-electron chi connectivity index (χ0n) is 11.8. The average molecular weight is 317 g/mol. The third kappa shape index (κ3) is 3.88. The van der Waals surface area contributed by atoms with Crippen LogP contribution in [-0.4, -0.2) is 34.8 Å². The number of anilines is 1. The topological polar surface area (TPSA) is 73.3 Å². The van der Waals surface area contributed by atoms with Gasteiger partial charge in [-0.2, -0.15) is 0 Å². The van der Waals surface area contributed by atoms with Gasteiger partial charge in [0.1, 0.15) is 13.2 Å². The van der Waals surface area contributed by atoms with Gasteiger partial charge in [-0.15, -0.1) is 0 Å². The molecule has 1 aromatic carbocycles. The van der Waals surface area contributed by atoms with Crippen LogP contribution in [0.2, 0.25) is 0 Å². The molecule has 1 N–H and O–H groups in total. The lowest BCUT2D eigenvalue weighted by Gasteiger charge is -2.19. The largest absolute Gasteiger partial charge is 0.486 e. The first kappa shape index (κ1) is 14.6. The van der Waals surface area contributed by atoms with E-state index in [1.165, 1.54) is 11.8 Å². The second kappa shape index (κ2) is 7.13. The van der Waals surface area contributed by atoms with Crippen molar-refractivity contribution in [3.63, 3.8) is 0 Å². The molecule has 0 unspecified atom stereocenters. The molecule has 1 aliphatic rings. The van der Waals surface area contributed by atoms with Crippen molar-refractivity contribution in [2.75, 3.05) is 24.3 Å². The van der Waals surface area contributed by atoms with E-state index < -0.39 is 0 Å². The van der Waals surface area contributed by atoms with Crippen molar-refractivity contribution in [2.24, 2.45) is 0 Å². The first-order valence-electron chi connectivity index (χ1n) is 6.90. The number of thioether (sulfide) groups is 1. The molecule has 0 saturated heterocycles. The Morgan fingerprint density at radius 1 is 1.18 bits per heavy atom. The Bertz CT molecular complexity index is 652. The van der Waals surface area contributed by atoms with Gasteiger partial charge in [-0.1, -0.05) is 11.8 Å². The highest BCUT2D eigenvalue weighted by molar-refractivity contribution is 7.99. The molecule has 2 heterocycles. The number of rotatable bonds is 5. The third-order valence-electron chi connectivity index (χ3n) is 2.93. The van der Waals surface area contributed by atoms with Crippen LogP contribution in [0.15, 0.2) is 41.8 Å². The van der Waals surface area contributed by atoms with Gasteiger partial charge in [-0.25, -0.2) is 9.97 Å². The molecular formula is C15H15N3O3S. The van der Waals surface area contributed by atoms with E-state index in [1.807, 2.05) is 0 Å². The predicted molar refractivity (Wildman–Crippen MR) is 83.4 cm³/mol. The Kier molecular flexibility index (Phi) is 4.75. The van der Waals surface area contributed by atoms with Crippen molar-refractivity contribution < 1.29 is 14.3 Å². The van der Waals surface area contributed by atoms with E-state index in [1.54, 1.807) is 36.7 Å². The second-order valence-corrected chi connectivity index (χ2v) is 5.60.